The summed E-state index contributed by atoms with van der Waals surface area (Å²) in [5.74, 6) is 0.705. The first-order valence-corrected chi connectivity index (χ1v) is 7.38. The maximum Gasteiger partial charge on any atom is 0.126 e. The smallest absolute Gasteiger partial charge is 0.126 e. The van der Waals surface area contributed by atoms with Crippen LogP contribution in [0.15, 0.2) is 60.7 Å². The normalized spacial score (nSPS) is 12.3. The van der Waals surface area contributed by atoms with Crippen LogP contribution in [0.4, 0.5) is 5.69 Å². The van der Waals surface area contributed by atoms with Crippen LogP contribution in [0.5, 0.6) is 5.75 Å². The molecule has 0 amide bonds. The van der Waals surface area contributed by atoms with E-state index in [-0.39, 0.29) is 0 Å². The largest absolute Gasteiger partial charge is 0.493 e. The Morgan fingerprint density at radius 3 is 2.64 bits per heavy atom. The molecule has 0 saturated carbocycles. The fourth-order valence-corrected chi connectivity index (χ4v) is 2.73. The highest BCUT2D eigenvalue weighted by molar-refractivity contribution is 5.88. The first-order valence-electron chi connectivity index (χ1n) is 7.38. The molecule has 0 spiro atoms. The van der Waals surface area contributed by atoms with Crippen molar-refractivity contribution >= 4 is 16.5 Å². The predicted molar refractivity (Wildman–Crippen MR) is 90.0 cm³/mol. The van der Waals surface area contributed by atoms with Crippen LogP contribution >= 0.6 is 0 Å². The van der Waals surface area contributed by atoms with Crippen LogP contribution in [0.2, 0.25) is 0 Å². The highest BCUT2D eigenvalue weighted by Gasteiger charge is 2.19. The van der Waals surface area contributed by atoms with Gasteiger partial charge in [-0.2, -0.15) is 0 Å². The van der Waals surface area contributed by atoms with Gasteiger partial charge in [-0.3, -0.25) is 0 Å². The zero-order chi connectivity index (χ0) is 15.5. The molecule has 3 N–H and O–H groups in total. The second-order valence-electron chi connectivity index (χ2n) is 5.20. The molecule has 3 nitrogen and oxygen atoms in total. The minimum absolute atomic E-state index is 0.551. The van der Waals surface area contributed by atoms with E-state index in [4.69, 9.17) is 10.5 Å². The molecule has 1 unspecified atom stereocenters. The fraction of sp³-hybridized carbons (Fsp3) is 0.158. The van der Waals surface area contributed by atoms with Crippen molar-refractivity contribution < 1.29 is 9.84 Å². The summed E-state index contributed by atoms with van der Waals surface area (Å²) < 4.78 is 5.73. The van der Waals surface area contributed by atoms with E-state index in [2.05, 4.69) is 0 Å². The number of fused-ring (bicyclic) bond motifs is 1. The molecule has 0 bridgehead atoms. The molecule has 112 valence electrons. The molecule has 0 aliphatic carbocycles. The molecule has 0 aromatic heterocycles. The van der Waals surface area contributed by atoms with Crippen LogP contribution in [0, 0.1) is 0 Å². The summed E-state index contributed by atoms with van der Waals surface area (Å²) in [5, 5.41) is 12.9. The van der Waals surface area contributed by atoms with E-state index in [0.29, 0.717) is 18.0 Å². The average molecular weight is 293 g/mol. The lowest BCUT2D eigenvalue weighted by Crippen LogP contribution is -2.05. The summed E-state index contributed by atoms with van der Waals surface area (Å²) in [6.07, 6.45) is -0.781. The molecule has 0 heterocycles. The molecule has 0 saturated heterocycles. The first kappa shape index (κ1) is 14.4. The predicted octanol–water partition coefficient (Wildman–Crippen LogP) is 3.90. The minimum atomic E-state index is -0.781. The summed E-state index contributed by atoms with van der Waals surface area (Å²) in [4.78, 5) is 0. The number of nitrogens with two attached hydrogens (primary N) is 1. The molecular weight excluding hydrogens is 274 g/mol. The summed E-state index contributed by atoms with van der Waals surface area (Å²) >= 11 is 0. The zero-order valence-electron chi connectivity index (χ0n) is 12.5. The van der Waals surface area contributed by atoms with Crippen molar-refractivity contribution in [3.05, 3.63) is 71.8 Å². The number of anilines is 1. The van der Waals surface area contributed by atoms with Gasteiger partial charge in [0, 0.05) is 11.3 Å². The number of aliphatic hydroxyl groups excluding tert-OH is 1. The fourth-order valence-electron chi connectivity index (χ4n) is 2.73. The maximum absolute atomic E-state index is 10.9. The summed E-state index contributed by atoms with van der Waals surface area (Å²) in [6.45, 7) is 2.49. The van der Waals surface area contributed by atoms with Crippen molar-refractivity contribution in [1.82, 2.24) is 0 Å². The molecule has 3 heteroatoms. The Labute approximate surface area is 130 Å². The quantitative estimate of drug-likeness (QED) is 0.717. The number of nitrogen functional groups attached to an aromatic ring is 1. The Hall–Kier alpha value is -2.52. The van der Waals surface area contributed by atoms with E-state index in [1.54, 1.807) is 6.07 Å². The Bertz CT molecular complexity index is 798. The molecular formula is C19H19NO2. The highest BCUT2D eigenvalue weighted by Crippen LogP contribution is 2.36. The van der Waals surface area contributed by atoms with Crippen LogP contribution in [0.1, 0.15) is 24.2 Å². The van der Waals surface area contributed by atoms with Crippen LogP contribution in [0.25, 0.3) is 10.8 Å². The van der Waals surface area contributed by atoms with E-state index in [0.717, 1.165) is 21.9 Å². The van der Waals surface area contributed by atoms with E-state index in [1.165, 1.54) is 0 Å². The topological polar surface area (TPSA) is 55.5 Å². The van der Waals surface area contributed by atoms with Crippen molar-refractivity contribution in [2.75, 3.05) is 12.3 Å². The van der Waals surface area contributed by atoms with Crippen LogP contribution in [-0.4, -0.2) is 11.7 Å². The molecule has 0 fully saturated rings. The molecule has 0 aliphatic heterocycles. The third kappa shape index (κ3) is 2.63. The third-order valence-electron chi connectivity index (χ3n) is 3.73. The number of ether oxygens (including phenoxy) is 1. The molecule has 22 heavy (non-hydrogen) atoms. The number of hydrogen-bond donors (Lipinski definition) is 2. The van der Waals surface area contributed by atoms with Gasteiger partial charge in [-0.15, -0.1) is 0 Å². The van der Waals surface area contributed by atoms with Gasteiger partial charge in [-0.1, -0.05) is 42.5 Å². The Kier molecular flexibility index (Phi) is 3.98. The molecule has 1 atom stereocenters. The van der Waals surface area contributed by atoms with E-state index < -0.39 is 6.10 Å². The standard InChI is InChI=1S/C19H19NO2/c1-2-22-17-11-10-13-6-3-4-9-16(13)18(17)19(21)14-7-5-8-15(20)12-14/h3-12,19,21H,2,20H2,1H3. The molecule has 0 aliphatic rings. The Morgan fingerprint density at radius 1 is 1.05 bits per heavy atom. The van der Waals surface area contributed by atoms with Crippen molar-refractivity contribution in [3.8, 4) is 5.75 Å². The summed E-state index contributed by atoms with van der Waals surface area (Å²) in [7, 11) is 0. The van der Waals surface area contributed by atoms with Gasteiger partial charge >= 0.3 is 0 Å². The van der Waals surface area contributed by atoms with Gasteiger partial charge in [0.1, 0.15) is 11.9 Å². The Morgan fingerprint density at radius 2 is 1.86 bits per heavy atom. The molecule has 3 rings (SSSR count). The zero-order valence-corrected chi connectivity index (χ0v) is 12.5. The SMILES string of the molecule is CCOc1ccc2ccccc2c1C(O)c1cccc(N)c1. The molecule has 3 aromatic carbocycles. The second kappa shape index (κ2) is 6.08. The van der Waals surface area contributed by atoms with Crippen molar-refractivity contribution in [2.45, 2.75) is 13.0 Å². The van der Waals surface area contributed by atoms with E-state index >= 15 is 0 Å². The van der Waals surface area contributed by atoms with Gasteiger partial charge in [0.15, 0.2) is 0 Å². The van der Waals surface area contributed by atoms with Gasteiger partial charge in [-0.25, -0.2) is 0 Å². The number of rotatable bonds is 4. The molecule has 3 aromatic rings. The van der Waals surface area contributed by atoms with Gasteiger partial charge in [0.05, 0.1) is 6.61 Å². The third-order valence-corrected chi connectivity index (χ3v) is 3.73. The van der Waals surface area contributed by atoms with Gasteiger partial charge in [-0.05, 0) is 41.5 Å². The van der Waals surface area contributed by atoms with Crippen LogP contribution in [-0.2, 0) is 0 Å². The molecule has 0 radical (unpaired) electrons. The van der Waals surface area contributed by atoms with Crippen molar-refractivity contribution in [3.63, 3.8) is 0 Å². The van der Waals surface area contributed by atoms with Crippen LogP contribution in [0.3, 0.4) is 0 Å². The van der Waals surface area contributed by atoms with Gasteiger partial charge in [0.2, 0.25) is 0 Å². The van der Waals surface area contributed by atoms with Gasteiger partial charge < -0.3 is 15.6 Å². The number of benzene rings is 3. The minimum Gasteiger partial charge on any atom is -0.493 e. The first-order chi connectivity index (χ1) is 10.7. The second-order valence-corrected chi connectivity index (χ2v) is 5.20. The maximum atomic E-state index is 10.9. The van der Waals surface area contributed by atoms with Crippen molar-refractivity contribution in [1.29, 1.82) is 0 Å². The van der Waals surface area contributed by atoms with Crippen LogP contribution < -0.4 is 10.5 Å². The van der Waals surface area contributed by atoms with Crippen molar-refractivity contribution in [2.24, 2.45) is 0 Å². The van der Waals surface area contributed by atoms with E-state index in [9.17, 15) is 5.11 Å². The lowest BCUT2D eigenvalue weighted by Gasteiger charge is -2.19. The average Bonchev–Trinajstić information content (AvgIpc) is 2.54. The number of aliphatic hydroxyl groups is 1. The van der Waals surface area contributed by atoms with Gasteiger partial charge in [0.25, 0.3) is 0 Å². The lowest BCUT2D eigenvalue weighted by atomic mass is 9.94. The monoisotopic (exact) mass is 293 g/mol. The summed E-state index contributed by atoms with van der Waals surface area (Å²) in [5.41, 5.74) is 8.02. The summed E-state index contributed by atoms with van der Waals surface area (Å²) in [6, 6.07) is 19.2. The van der Waals surface area contributed by atoms with E-state index in [1.807, 2.05) is 61.5 Å². The Balaban J connectivity index is 2.20. The highest BCUT2D eigenvalue weighted by atomic mass is 16.5. The number of hydrogen-bond acceptors (Lipinski definition) is 3. The lowest BCUT2D eigenvalue weighted by molar-refractivity contribution is 0.214.